The topological polar surface area (TPSA) is 128 Å². The molecule has 9 nitrogen and oxygen atoms in total. The number of carbonyl (C=O) groups excluding carboxylic acids is 1. The highest BCUT2D eigenvalue weighted by Crippen LogP contribution is 2.34. The van der Waals surface area contributed by atoms with E-state index in [9.17, 15) is 23.3 Å². The summed E-state index contributed by atoms with van der Waals surface area (Å²) < 4.78 is 30.8. The molecule has 0 radical (unpaired) electrons. The number of non-ortho nitro benzene ring substituents is 1. The summed E-state index contributed by atoms with van der Waals surface area (Å²) in [6.45, 7) is 1.84. The fourth-order valence-electron chi connectivity index (χ4n) is 2.98. The van der Waals surface area contributed by atoms with E-state index in [4.69, 9.17) is 15.8 Å². The standard InChI is InChI=1S/C23H16ClN3O6S2/c1-14-6-9-17(10-7-14)35(31,32)33-20-5-3-2-4-15(20)12-21-22(28)26-23(34-21)25-19-11-8-16(27(29)30)13-18(19)24/h2-13H,1H3,(H,25,26,28)/b21-12+. The van der Waals surface area contributed by atoms with E-state index in [1.165, 1.54) is 42.5 Å². The van der Waals surface area contributed by atoms with Crippen LogP contribution in [-0.2, 0) is 14.9 Å². The zero-order chi connectivity index (χ0) is 25.2. The lowest BCUT2D eigenvalue weighted by atomic mass is 10.2. The van der Waals surface area contributed by atoms with Gasteiger partial charge in [0.05, 0.1) is 20.5 Å². The fourth-order valence-corrected chi connectivity index (χ4v) is 4.97. The highest BCUT2D eigenvalue weighted by Gasteiger charge is 2.25. The SMILES string of the molecule is Cc1ccc(S(=O)(=O)Oc2ccccc2/C=C2/SC(=Nc3ccc([N+](=O)[O-])cc3Cl)NC2=O)cc1. The number of benzene rings is 3. The van der Waals surface area contributed by atoms with Crippen LogP contribution in [0.25, 0.3) is 6.08 Å². The molecule has 35 heavy (non-hydrogen) atoms. The molecule has 0 aromatic heterocycles. The number of nitrogens with zero attached hydrogens (tertiary/aromatic N) is 2. The molecule has 1 saturated heterocycles. The number of rotatable bonds is 6. The molecule has 1 aliphatic heterocycles. The Kier molecular flexibility index (Phi) is 6.92. The minimum atomic E-state index is -4.09. The number of carbonyl (C=O) groups is 1. The van der Waals surface area contributed by atoms with Gasteiger partial charge in [-0.1, -0.05) is 47.5 Å². The largest absolute Gasteiger partial charge is 0.378 e. The lowest BCUT2D eigenvalue weighted by molar-refractivity contribution is -0.384. The Morgan fingerprint density at radius 1 is 1.11 bits per heavy atom. The predicted octanol–water partition coefficient (Wildman–Crippen LogP) is 5.22. The van der Waals surface area contributed by atoms with Gasteiger partial charge in [-0.15, -0.1) is 0 Å². The lowest BCUT2D eigenvalue weighted by Crippen LogP contribution is -2.19. The van der Waals surface area contributed by atoms with Gasteiger partial charge in [0, 0.05) is 17.7 Å². The Bertz CT molecular complexity index is 1500. The second-order valence-electron chi connectivity index (χ2n) is 7.26. The van der Waals surface area contributed by atoms with Crippen molar-refractivity contribution in [3.63, 3.8) is 0 Å². The molecule has 3 aromatic carbocycles. The van der Waals surface area contributed by atoms with Gasteiger partial charge in [0.2, 0.25) is 0 Å². The molecular weight excluding hydrogens is 514 g/mol. The van der Waals surface area contributed by atoms with Crippen molar-refractivity contribution >= 4 is 62.0 Å². The van der Waals surface area contributed by atoms with Gasteiger partial charge in [-0.25, -0.2) is 4.99 Å². The van der Waals surface area contributed by atoms with Crippen molar-refractivity contribution in [3.05, 3.63) is 97.9 Å². The first-order chi connectivity index (χ1) is 16.6. The number of nitro benzene ring substituents is 1. The molecule has 12 heteroatoms. The number of aryl methyl sites for hydroxylation is 1. The summed E-state index contributed by atoms with van der Waals surface area (Å²) in [7, 11) is -4.09. The normalized spacial score (nSPS) is 15.9. The molecule has 4 rings (SSSR count). The molecule has 0 unspecified atom stereocenters. The monoisotopic (exact) mass is 529 g/mol. The number of amidine groups is 1. The molecule has 0 saturated carbocycles. The van der Waals surface area contributed by atoms with Crippen molar-refractivity contribution in [3.8, 4) is 5.75 Å². The summed E-state index contributed by atoms with van der Waals surface area (Å²) in [5.74, 6) is -0.402. The number of nitro groups is 1. The number of para-hydroxylation sites is 1. The average Bonchev–Trinajstić information content (AvgIpc) is 3.15. The summed E-state index contributed by atoms with van der Waals surface area (Å²) >= 11 is 7.08. The van der Waals surface area contributed by atoms with Gasteiger partial charge < -0.3 is 9.50 Å². The minimum Gasteiger partial charge on any atom is -0.378 e. The van der Waals surface area contributed by atoms with Crippen molar-refractivity contribution in [1.82, 2.24) is 5.32 Å². The van der Waals surface area contributed by atoms with E-state index in [1.807, 2.05) is 6.92 Å². The molecule has 0 bridgehead atoms. The molecule has 3 aromatic rings. The van der Waals surface area contributed by atoms with E-state index in [-0.39, 0.29) is 37.1 Å². The van der Waals surface area contributed by atoms with Crippen molar-refractivity contribution < 1.29 is 22.3 Å². The third-order valence-corrected chi connectivity index (χ3v) is 7.19. The average molecular weight is 530 g/mol. The summed E-state index contributed by atoms with van der Waals surface area (Å²) in [5.41, 5.74) is 1.34. The highest BCUT2D eigenvalue weighted by molar-refractivity contribution is 8.18. The number of nitrogens with one attached hydrogen (secondary N) is 1. The molecule has 1 fully saturated rings. The number of hydrogen-bond donors (Lipinski definition) is 1. The number of hydrogen-bond acceptors (Lipinski definition) is 8. The Morgan fingerprint density at radius 2 is 1.83 bits per heavy atom. The van der Waals surface area contributed by atoms with E-state index in [1.54, 1.807) is 30.3 Å². The van der Waals surface area contributed by atoms with Crippen LogP contribution in [-0.4, -0.2) is 24.4 Å². The molecule has 0 atom stereocenters. The Morgan fingerprint density at radius 3 is 2.51 bits per heavy atom. The van der Waals surface area contributed by atoms with Gasteiger partial charge in [0.25, 0.3) is 11.6 Å². The molecule has 1 amide bonds. The van der Waals surface area contributed by atoms with Crippen LogP contribution in [0.3, 0.4) is 0 Å². The van der Waals surface area contributed by atoms with Crippen LogP contribution in [0.5, 0.6) is 5.75 Å². The number of halogens is 1. The van der Waals surface area contributed by atoms with Gasteiger partial charge in [0.1, 0.15) is 10.6 Å². The maximum absolute atomic E-state index is 12.7. The number of thioether (sulfide) groups is 1. The Hall–Kier alpha value is -3.67. The molecule has 0 spiro atoms. The zero-order valence-corrected chi connectivity index (χ0v) is 20.4. The van der Waals surface area contributed by atoms with Crippen molar-refractivity contribution in [2.24, 2.45) is 4.99 Å². The van der Waals surface area contributed by atoms with Crippen LogP contribution >= 0.6 is 23.4 Å². The summed E-state index contributed by atoms with van der Waals surface area (Å²) in [5, 5.41) is 13.7. The maximum Gasteiger partial charge on any atom is 0.339 e. The van der Waals surface area contributed by atoms with Crippen LogP contribution in [0.15, 0.2) is 81.5 Å². The Labute approximate surface area is 209 Å². The summed E-state index contributed by atoms with van der Waals surface area (Å²) in [6.07, 6.45) is 1.49. The van der Waals surface area contributed by atoms with Crippen LogP contribution in [0.4, 0.5) is 11.4 Å². The van der Waals surface area contributed by atoms with Crippen LogP contribution in [0, 0.1) is 17.0 Å². The van der Waals surface area contributed by atoms with Crippen molar-refractivity contribution in [2.45, 2.75) is 11.8 Å². The molecular formula is C23H16ClN3O6S2. The zero-order valence-electron chi connectivity index (χ0n) is 18.0. The number of amides is 1. The van der Waals surface area contributed by atoms with Crippen LogP contribution in [0.1, 0.15) is 11.1 Å². The van der Waals surface area contributed by atoms with E-state index in [0.29, 0.717) is 5.56 Å². The van der Waals surface area contributed by atoms with E-state index in [2.05, 4.69) is 10.3 Å². The van der Waals surface area contributed by atoms with Gasteiger partial charge in [-0.05, 0) is 49.0 Å². The van der Waals surface area contributed by atoms with E-state index >= 15 is 0 Å². The second-order valence-corrected chi connectivity index (χ2v) is 10.2. The highest BCUT2D eigenvalue weighted by atomic mass is 35.5. The molecule has 1 N–H and O–H groups in total. The minimum absolute atomic E-state index is 0.00735. The third kappa shape index (κ3) is 5.70. The van der Waals surface area contributed by atoms with E-state index in [0.717, 1.165) is 17.3 Å². The second kappa shape index (κ2) is 9.90. The molecule has 178 valence electrons. The summed E-state index contributed by atoms with van der Waals surface area (Å²) in [6, 6.07) is 16.5. The van der Waals surface area contributed by atoms with Crippen molar-refractivity contribution in [1.29, 1.82) is 0 Å². The summed E-state index contributed by atoms with van der Waals surface area (Å²) in [4.78, 5) is 27.3. The molecule has 1 heterocycles. The quantitative estimate of drug-likeness (QED) is 0.201. The maximum atomic E-state index is 12.7. The number of aliphatic imine (C=N–C) groups is 1. The molecule has 1 aliphatic rings. The fraction of sp³-hybridized carbons (Fsp3) is 0.0435. The van der Waals surface area contributed by atoms with E-state index < -0.39 is 20.9 Å². The van der Waals surface area contributed by atoms with Gasteiger partial charge in [-0.3, -0.25) is 14.9 Å². The first-order valence-corrected chi connectivity index (χ1v) is 12.6. The molecule has 0 aliphatic carbocycles. The van der Waals surface area contributed by atoms with Gasteiger partial charge in [0.15, 0.2) is 5.17 Å². The first-order valence-electron chi connectivity index (χ1n) is 9.96. The Balaban J connectivity index is 1.59. The van der Waals surface area contributed by atoms with Gasteiger partial charge >= 0.3 is 10.1 Å². The van der Waals surface area contributed by atoms with Gasteiger partial charge in [-0.2, -0.15) is 8.42 Å². The smallest absolute Gasteiger partial charge is 0.339 e. The van der Waals surface area contributed by atoms with Crippen LogP contribution < -0.4 is 9.50 Å². The van der Waals surface area contributed by atoms with Crippen molar-refractivity contribution in [2.75, 3.05) is 0 Å². The first kappa shape index (κ1) is 24.5. The third-order valence-electron chi connectivity index (χ3n) is 4.73. The predicted molar refractivity (Wildman–Crippen MR) is 134 cm³/mol. The lowest BCUT2D eigenvalue weighted by Gasteiger charge is -2.10. The van der Waals surface area contributed by atoms with Crippen LogP contribution in [0.2, 0.25) is 5.02 Å².